The Hall–Kier alpha value is -1.35. The van der Waals surface area contributed by atoms with Crippen molar-refractivity contribution < 1.29 is 4.79 Å². The summed E-state index contributed by atoms with van der Waals surface area (Å²) in [5, 5.41) is 6.07. The smallest absolute Gasteiger partial charge is 0.251 e. The number of carbonyl (C=O) groups is 1. The first kappa shape index (κ1) is 12.7. The number of amides is 1. The summed E-state index contributed by atoms with van der Waals surface area (Å²) in [6.07, 6.45) is 0. The van der Waals surface area contributed by atoms with E-state index in [9.17, 15) is 4.79 Å². The van der Waals surface area contributed by atoms with Gasteiger partial charge in [0.2, 0.25) is 0 Å². The first-order valence-electron chi connectivity index (χ1n) is 5.53. The summed E-state index contributed by atoms with van der Waals surface area (Å²) in [6.45, 7) is 5.78. The molecule has 0 aromatic heterocycles. The minimum absolute atomic E-state index is 0.00946. The van der Waals surface area contributed by atoms with Crippen molar-refractivity contribution in [1.82, 2.24) is 10.6 Å². The summed E-state index contributed by atoms with van der Waals surface area (Å²) < 4.78 is 0. The van der Waals surface area contributed by atoms with E-state index in [1.54, 1.807) is 0 Å². The third-order valence-electron chi connectivity index (χ3n) is 2.42. The lowest BCUT2D eigenvalue weighted by Gasteiger charge is -2.24. The largest absolute Gasteiger partial charge is 0.351 e. The first-order chi connectivity index (χ1) is 7.55. The molecule has 0 aliphatic rings. The molecule has 3 heteroatoms. The summed E-state index contributed by atoms with van der Waals surface area (Å²) in [4.78, 5) is 11.8. The molecule has 1 aromatic carbocycles. The van der Waals surface area contributed by atoms with Crippen molar-refractivity contribution in [2.75, 3.05) is 20.1 Å². The number of hydrogen-bond donors (Lipinski definition) is 2. The molecule has 3 nitrogen and oxygen atoms in total. The lowest BCUT2D eigenvalue weighted by atomic mass is 9.93. The predicted molar refractivity (Wildman–Crippen MR) is 66.5 cm³/mol. The Morgan fingerprint density at radius 2 is 1.81 bits per heavy atom. The van der Waals surface area contributed by atoms with Gasteiger partial charge in [0.25, 0.3) is 5.91 Å². The van der Waals surface area contributed by atoms with Crippen molar-refractivity contribution in [3.05, 3.63) is 35.9 Å². The first-order valence-corrected chi connectivity index (χ1v) is 5.53. The van der Waals surface area contributed by atoms with Crippen LogP contribution in [0.1, 0.15) is 24.2 Å². The molecule has 0 aliphatic heterocycles. The second-order valence-corrected chi connectivity index (χ2v) is 4.74. The van der Waals surface area contributed by atoms with Crippen LogP contribution in [0, 0.1) is 5.41 Å². The number of carbonyl (C=O) groups excluding carboxylic acids is 1. The van der Waals surface area contributed by atoms with Gasteiger partial charge in [-0.15, -0.1) is 0 Å². The summed E-state index contributed by atoms with van der Waals surface area (Å²) in [7, 11) is 1.92. The van der Waals surface area contributed by atoms with Gasteiger partial charge in [0.1, 0.15) is 0 Å². The van der Waals surface area contributed by atoms with Crippen molar-refractivity contribution >= 4 is 5.91 Å². The average molecular weight is 220 g/mol. The minimum Gasteiger partial charge on any atom is -0.351 e. The van der Waals surface area contributed by atoms with Crippen LogP contribution in [0.15, 0.2) is 30.3 Å². The quantitative estimate of drug-likeness (QED) is 0.792. The molecular formula is C13H20N2O. The van der Waals surface area contributed by atoms with Crippen LogP contribution in [0.5, 0.6) is 0 Å². The SMILES string of the molecule is CNCC(C)(C)CNC(=O)c1ccccc1. The molecule has 0 saturated carbocycles. The second-order valence-electron chi connectivity index (χ2n) is 4.74. The van der Waals surface area contributed by atoms with E-state index in [2.05, 4.69) is 24.5 Å². The maximum Gasteiger partial charge on any atom is 0.251 e. The third kappa shape index (κ3) is 4.03. The van der Waals surface area contributed by atoms with Crippen molar-refractivity contribution in [2.45, 2.75) is 13.8 Å². The highest BCUT2D eigenvalue weighted by Crippen LogP contribution is 2.11. The van der Waals surface area contributed by atoms with Crippen molar-refractivity contribution in [3.8, 4) is 0 Å². The van der Waals surface area contributed by atoms with E-state index in [0.29, 0.717) is 12.1 Å². The zero-order valence-corrected chi connectivity index (χ0v) is 10.2. The minimum atomic E-state index is -0.00946. The Morgan fingerprint density at radius 3 is 2.38 bits per heavy atom. The van der Waals surface area contributed by atoms with Gasteiger partial charge in [0.05, 0.1) is 0 Å². The summed E-state index contributed by atoms with van der Waals surface area (Å²) in [5.74, 6) is -0.00946. The fourth-order valence-corrected chi connectivity index (χ4v) is 1.55. The fraction of sp³-hybridized carbons (Fsp3) is 0.462. The molecule has 88 valence electrons. The molecule has 0 spiro atoms. The van der Waals surface area contributed by atoms with Gasteiger partial charge in [-0.25, -0.2) is 0 Å². The second kappa shape index (κ2) is 5.66. The Bertz CT molecular complexity index is 333. The molecule has 16 heavy (non-hydrogen) atoms. The zero-order chi connectivity index (χ0) is 12.0. The molecule has 1 aromatic rings. The van der Waals surface area contributed by atoms with Crippen LogP contribution in [0.3, 0.4) is 0 Å². The maximum absolute atomic E-state index is 11.8. The molecule has 2 N–H and O–H groups in total. The molecule has 0 radical (unpaired) electrons. The molecule has 0 heterocycles. The Kier molecular flexibility index (Phi) is 4.50. The van der Waals surface area contributed by atoms with Crippen molar-refractivity contribution in [3.63, 3.8) is 0 Å². The Labute approximate surface area is 97.2 Å². The van der Waals surface area contributed by atoms with Crippen molar-refractivity contribution in [1.29, 1.82) is 0 Å². The molecule has 0 bridgehead atoms. The van der Waals surface area contributed by atoms with Crippen LogP contribution < -0.4 is 10.6 Å². The third-order valence-corrected chi connectivity index (χ3v) is 2.42. The Morgan fingerprint density at radius 1 is 1.19 bits per heavy atom. The highest BCUT2D eigenvalue weighted by Gasteiger charge is 2.17. The van der Waals surface area contributed by atoms with Crippen LogP contribution in [0.4, 0.5) is 0 Å². The van der Waals surface area contributed by atoms with Gasteiger partial charge in [-0.2, -0.15) is 0 Å². The van der Waals surface area contributed by atoms with Gasteiger partial charge in [-0.3, -0.25) is 4.79 Å². The maximum atomic E-state index is 11.8. The lowest BCUT2D eigenvalue weighted by molar-refractivity contribution is 0.0936. The highest BCUT2D eigenvalue weighted by molar-refractivity contribution is 5.94. The molecule has 0 fully saturated rings. The van der Waals surface area contributed by atoms with Gasteiger partial charge in [0.15, 0.2) is 0 Å². The molecular weight excluding hydrogens is 200 g/mol. The molecule has 0 saturated heterocycles. The van der Waals surface area contributed by atoms with E-state index in [0.717, 1.165) is 6.54 Å². The van der Waals surface area contributed by atoms with Gasteiger partial charge >= 0.3 is 0 Å². The molecule has 0 atom stereocenters. The van der Waals surface area contributed by atoms with Gasteiger partial charge in [-0.1, -0.05) is 32.0 Å². The fourth-order valence-electron chi connectivity index (χ4n) is 1.55. The Balaban J connectivity index is 2.48. The van der Waals surface area contributed by atoms with Crippen LogP contribution in [-0.2, 0) is 0 Å². The standard InChI is InChI=1S/C13H20N2O/c1-13(2,9-14-3)10-15-12(16)11-7-5-4-6-8-11/h4-8,14H,9-10H2,1-3H3,(H,15,16). The molecule has 0 unspecified atom stereocenters. The molecule has 0 aliphatic carbocycles. The zero-order valence-electron chi connectivity index (χ0n) is 10.2. The lowest BCUT2D eigenvalue weighted by Crippen LogP contribution is -2.39. The number of nitrogens with one attached hydrogen (secondary N) is 2. The van der Waals surface area contributed by atoms with E-state index in [1.807, 2.05) is 37.4 Å². The normalized spacial score (nSPS) is 11.2. The summed E-state index contributed by atoms with van der Waals surface area (Å²) in [6, 6.07) is 9.28. The van der Waals surface area contributed by atoms with Crippen LogP contribution in [0.25, 0.3) is 0 Å². The topological polar surface area (TPSA) is 41.1 Å². The van der Waals surface area contributed by atoms with Crippen LogP contribution in [0.2, 0.25) is 0 Å². The predicted octanol–water partition coefficient (Wildman–Crippen LogP) is 1.66. The monoisotopic (exact) mass is 220 g/mol. The number of hydrogen-bond acceptors (Lipinski definition) is 2. The van der Waals surface area contributed by atoms with E-state index in [4.69, 9.17) is 0 Å². The number of benzene rings is 1. The summed E-state index contributed by atoms with van der Waals surface area (Å²) in [5.41, 5.74) is 0.780. The molecule has 1 rings (SSSR count). The average Bonchev–Trinajstić information content (AvgIpc) is 2.27. The van der Waals surface area contributed by atoms with E-state index < -0.39 is 0 Å². The van der Waals surface area contributed by atoms with E-state index in [-0.39, 0.29) is 11.3 Å². The van der Waals surface area contributed by atoms with E-state index >= 15 is 0 Å². The molecule has 1 amide bonds. The number of rotatable bonds is 5. The highest BCUT2D eigenvalue weighted by atomic mass is 16.1. The van der Waals surface area contributed by atoms with Crippen LogP contribution >= 0.6 is 0 Å². The van der Waals surface area contributed by atoms with Gasteiger partial charge in [-0.05, 0) is 24.6 Å². The van der Waals surface area contributed by atoms with Crippen molar-refractivity contribution in [2.24, 2.45) is 5.41 Å². The van der Waals surface area contributed by atoms with Gasteiger partial charge in [0, 0.05) is 18.7 Å². The van der Waals surface area contributed by atoms with E-state index in [1.165, 1.54) is 0 Å². The van der Waals surface area contributed by atoms with Crippen LogP contribution in [-0.4, -0.2) is 26.0 Å². The summed E-state index contributed by atoms with van der Waals surface area (Å²) >= 11 is 0. The van der Waals surface area contributed by atoms with Gasteiger partial charge < -0.3 is 10.6 Å².